The van der Waals surface area contributed by atoms with Crippen molar-refractivity contribution >= 4 is 17.6 Å². The smallest absolute Gasteiger partial charge is 0.322 e. The molecular weight excluding hydrogens is 398 g/mol. The van der Waals surface area contributed by atoms with E-state index >= 15 is 0 Å². The third kappa shape index (κ3) is 5.79. The van der Waals surface area contributed by atoms with Crippen molar-refractivity contribution in [2.24, 2.45) is 0 Å². The normalized spacial score (nSPS) is 17.9. The molecule has 1 atom stereocenters. The van der Waals surface area contributed by atoms with Crippen LogP contribution in [0.15, 0.2) is 47.1 Å². The lowest BCUT2D eigenvalue weighted by molar-refractivity contribution is -0.134. The van der Waals surface area contributed by atoms with Gasteiger partial charge < -0.3 is 29.0 Å². The van der Waals surface area contributed by atoms with Crippen LogP contribution in [0.2, 0.25) is 0 Å². The number of nitrogens with zero attached hydrogens (tertiary/aromatic N) is 2. The first kappa shape index (κ1) is 21.2. The number of rotatable bonds is 9. The summed E-state index contributed by atoms with van der Waals surface area (Å²) < 4.78 is 16.3. The second-order valence-electron chi connectivity index (χ2n) is 8.01. The Bertz CT molecular complexity index is 858. The molecule has 2 heterocycles. The molecule has 1 aromatic heterocycles. The minimum Gasteiger partial charge on any atom is -0.497 e. The Morgan fingerprint density at radius 2 is 1.97 bits per heavy atom. The second-order valence-corrected chi connectivity index (χ2v) is 8.01. The number of furan rings is 1. The van der Waals surface area contributed by atoms with Crippen molar-refractivity contribution in [2.45, 2.75) is 44.4 Å². The molecule has 4 rings (SSSR count). The van der Waals surface area contributed by atoms with Crippen LogP contribution in [0.5, 0.6) is 5.75 Å². The summed E-state index contributed by atoms with van der Waals surface area (Å²) >= 11 is 0. The number of methoxy groups -OCH3 is 1. The molecule has 2 aliphatic rings. The zero-order valence-electron chi connectivity index (χ0n) is 17.8. The van der Waals surface area contributed by atoms with Gasteiger partial charge in [-0.05, 0) is 62.1 Å². The Labute approximate surface area is 182 Å². The zero-order valence-corrected chi connectivity index (χ0v) is 17.8. The van der Waals surface area contributed by atoms with Crippen LogP contribution in [0.4, 0.5) is 10.5 Å². The molecule has 1 N–H and O–H groups in total. The van der Waals surface area contributed by atoms with Gasteiger partial charge in [-0.3, -0.25) is 4.79 Å². The van der Waals surface area contributed by atoms with E-state index in [1.807, 2.05) is 12.1 Å². The molecule has 0 bridgehead atoms. The molecule has 3 amide bonds. The van der Waals surface area contributed by atoms with Gasteiger partial charge in [0.15, 0.2) is 0 Å². The van der Waals surface area contributed by atoms with E-state index in [-0.39, 0.29) is 30.6 Å². The van der Waals surface area contributed by atoms with Crippen LogP contribution >= 0.6 is 0 Å². The maximum atomic E-state index is 13.2. The van der Waals surface area contributed by atoms with Gasteiger partial charge in [-0.1, -0.05) is 0 Å². The first-order valence-electron chi connectivity index (χ1n) is 10.8. The van der Waals surface area contributed by atoms with E-state index < -0.39 is 0 Å². The van der Waals surface area contributed by atoms with Crippen LogP contribution in [0.25, 0.3) is 0 Å². The highest BCUT2D eigenvalue weighted by molar-refractivity contribution is 5.92. The van der Waals surface area contributed by atoms with Gasteiger partial charge in [0.1, 0.15) is 18.1 Å². The minimum atomic E-state index is -0.268. The molecular formula is C23H29N3O5. The van der Waals surface area contributed by atoms with Gasteiger partial charge >= 0.3 is 6.03 Å². The molecule has 166 valence electrons. The Hall–Kier alpha value is -3.00. The van der Waals surface area contributed by atoms with Gasteiger partial charge in [0.25, 0.3) is 0 Å². The number of hydrogen-bond donors (Lipinski definition) is 1. The lowest BCUT2D eigenvalue weighted by atomic mass is 10.2. The van der Waals surface area contributed by atoms with Crippen molar-refractivity contribution in [3.8, 4) is 5.75 Å². The maximum absolute atomic E-state index is 13.2. The average Bonchev–Trinajstić information content (AvgIpc) is 3.23. The molecule has 0 spiro atoms. The summed E-state index contributed by atoms with van der Waals surface area (Å²) in [5.41, 5.74) is 0.663. The first-order valence-corrected chi connectivity index (χ1v) is 10.8. The summed E-state index contributed by atoms with van der Waals surface area (Å²) in [4.78, 5) is 29.5. The SMILES string of the molecule is COc1ccc(NC(=O)N(CC(=O)N(Cc2ccco2)CC2CCCO2)C2CC2)cc1. The summed E-state index contributed by atoms with van der Waals surface area (Å²) in [7, 11) is 1.60. The van der Waals surface area contributed by atoms with Gasteiger partial charge in [0.2, 0.25) is 5.91 Å². The van der Waals surface area contributed by atoms with Crippen LogP contribution in [0.1, 0.15) is 31.4 Å². The summed E-state index contributed by atoms with van der Waals surface area (Å²) in [5.74, 6) is 1.32. The van der Waals surface area contributed by atoms with Gasteiger partial charge in [0.05, 0.1) is 26.0 Å². The molecule has 1 saturated carbocycles. The molecule has 1 saturated heterocycles. The van der Waals surface area contributed by atoms with Crippen molar-refractivity contribution in [3.63, 3.8) is 0 Å². The number of hydrogen-bond acceptors (Lipinski definition) is 5. The zero-order chi connectivity index (χ0) is 21.6. The molecule has 8 nitrogen and oxygen atoms in total. The van der Waals surface area contributed by atoms with Crippen molar-refractivity contribution < 1.29 is 23.5 Å². The van der Waals surface area contributed by atoms with E-state index in [2.05, 4.69) is 5.32 Å². The molecule has 8 heteroatoms. The molecule has 1 aliphatic carbocycles. The second kappa shape index (κ2) is 9.87. The van der Waals surface area contributed by atoms with Crippen molar-refractivity contribution in [1.82, 2.24) is 9.80 Å². The molecule has 2 fully saturated rings. The number of benzene rings is 1. The number of ether oxygens (including phenoxy) is 2. The summed E-state index contributed by atoms with van der Waals surface area (Å²) in [5, 5.41) is 2.90. The topological polar surface area (TPSA) is 84.3 Å². The van der Waals surface area contributed by atoms with E-state index in [9.17, 15) is 9.59 Å². The average molecular weight is 428 g/mol. The van der Waals surface area contributed by atoms with Gasteiger partial charge in [-0.15, -0.1) is 0 Å². The van der Waals surface area contributed by atoms with Crippen LogP contribution < -0.4 is 10.1 Å². The lowest BCUT2D eigenvalue weighted by Gasteiger charge is -2.29. The fourth-order valence-electron chi connectivity index (χ4n) is 3.75. The predicted octanol–water partition coefficient (Wildman–Crippen LogP) is 3.49. The van der Waals surface area contributed by atoms with Crippen LogP contribution in [-0.2, 0) is 16.1 Å². The van der Waals surface area contributed by atoms with E-state index in [1.54, 1.807) is 47.4 Å². The van der Waals surface area contributed by atoms with Crippen LogP contribution in [-0.4, -0.2) is 60.7 Å². The van der Waals surface area contributed by atoms with Gasteiger partial charge in [0, 0.05) is 24.9 Å². The summed E-state index contributed by atoms with van der Waals surface area (Å²) in [6.07, 6.45) is 5.39. The highest BCUT2D eigenvalue weighted by atomic mass is 16.5. The number of urea groups is 1. The maximum Gasteiger partial charge on any atom is 0.322 e. The minimum absolute atomic E-state index is 0.0279. The Morgan fingerprint density at radius 1 is 1.16 bits per heavy atom. The first-order chi connectivity index (χ1) is 15.1. The number of carbonyl (C=O) groups is 2. The summed E-state index contributed by atoms with van der Waals surface area (Å²) in [6.45, 7) is 1.62. The molecule has 1 aliphatic heterocycles. The highest BCUT2D eigenvalue weighted by Gasteiger charge is 2.35. The molecule has 1 unspecified atom stereocenters. The molecule has 1 aromatic carbocycles. The Morgan fingerprint density at radius 3 is 2.58 bits per heavy atom. The van der Waals surface area contributed by atoms with Crippen molar-refractivity contribution in [1.29, 1.82) is 0 Å². The summed E-state index contributed by atoms with van der Waals surface area (Å²) in [6, 6.07) is 10.6. The van der Waals surface area contributed by atoms with Crippen LogP contribution in [0, 0.1) is 0 Å². The van der Waals surface area contributed by atoms with E-state index in [4.69, 9.17) is 13.9 Å². The largest absolute Gasteiger partial charge is 0.497 e. The number of amides is 3. The highest BCUT2D eigenvalue weighted by Crippen LogP contribution is 2.28. The van der Waals surface area contributed by atoms with Crippen molar-refractivity contribution in [2.75, 3.05) is 32.1 Å². The third-order valence-corrected chi connectivity index (χ3v) is 5.62. The number of anilines is 1. The van der Waals surface area contributed by atoms with E-state index in [0.29, 0.717) is 24.5 Å². The van der Waals surface area contributed by atoms with E-state index in [1.165, 1.54) is 0 Å². The van der Waals surface area contributed by atoms with Crippen LogP contribution in [0.3, 0.4) is 0 Å². The third-order valence-electron chi connectivity index (χ3n) is 5.62. The van der Waals surface area contributed by atoms with Crippen molar-refractivity contribution in [3.05, 3.63) is 48.4 Å². The molecule has 31 heavy (non-hydrogen) atoms. The Balaban J connectivity index is 1.41. The standard InChI is InChI=1S/C23H29N3O5/c1-29-19-10-6-17(7-11-19)24-23(28)26(18-8-9-18)16-22(27)25(14-20-4-2-12-30-20)15-21-5-3-13-31-21/h2,4,6-7,10-12,18,21H,3,5,8-9,13-16H2,1H3,(H,24,28). The quantitative estimate of drug-likeness (QED) is 0.662. The lowest BCUT2D eigenvalue weighted by Crippen LogP contribution is -2.47. The number of carbonyl (C=O) groups excluding carboxylic acids is 2. The Kier molecular flexibility index (Phi) is 6.76. The van der Waals surface area contributed by atoms with Gasteiger partial charge in [-0.25, -0.2) is 4.79 Å². The fourth-order valence-corrected chi connectivity index (χ4v) is 3.75. The molecule has 2 aromatic rings. The number of nitrogens with one attached hydrogen (secondary N) is 1. The molecule has 0 radical (unpaired) electrons. The fraction of sp³-hybridized carbons (Fsp3) is 0.478. The monoisotopic (exact) mass is 427 g/mol. The predicted molar refractivity (Wildman–Crippen MR) is 115 cm³/mol. The van der Waals surface area contributed by atoms with E-state index in [0.717, 1.165) is 38.0 Å². The van der Waals surface area contributed by atoms with Gasteiger partial charge in [-0.2, -0.15) is 0 Å².